The number of rotatable bonds is 2. The summed E-state index contributed by atoms with van der Waals surface area (Å²) in [6, 6.07) is 7.03. The largest absolute Gasteiger partial charge is 0.497 e. The van der Waals surface area contributed by atoms with E-state index in [-0.39, 0.29) is 17.0 Å². The summed E-state index contributed by atoms with van der Waals surface area (Å²) in [6.07, 6.45) is -2.44. The molecule has 0 radical (unpaired) electrons. The Labute approximate surface area is 143 Å². The molecule has 1 aromatic rings. The minimum absolute atomic E-state index is 0.00948. The zero-order valence-electron chi connectivity index (χ0n) is 13.1. The number of benzene rings is 1. The van der Waals surface area contributed by atoms with Crippen LogP contribution in [0.3, 0.4) is 0 Å². The lowest BCUT2D eigenvalue weighted by Gasteiger charge is -2.41. The highest BCUT2D eigenvalue weighted by Crippen LogP contribution is 2.40. The number of hydrogen-bond donors (Lipinski definition) is 0. The van der Waals surface area contributed by atoms with Crippen LogP contribution in [0.1, 0.15) is 18.5 Å². The molecular formula is C17H16ClF3N2O. The van der Waals surface area contributed by atoms with Gasteiger partial charge in [0.15, 0.2) is 0 Å². The van der Waals surface area contributed by atoms with Crippen LogP contribution >= 0.6 is 11.6 Å². The van der Waals surface area contributed by atoms with Crippen molar-refractivity contribution in [1.82, 2.24) is 4.90 Å². The summed E-state index contributed by atoms with van der Waals surface area (Å²) in [6.45, 7) is 2.46. The van der Waals surface area contributed by atoms with E-state index in [9.17, 15) is 13.2 Å². The predicted octanol–water partition coefficient (Wildman–Crippen LogP) is 4.67. The molecule has 2 unspecified atom stereocenters. The van der Waals surface area contributed by atoms with Gasteiger partial charge in [-0.25, -0.2) is 0 Å². The maximum atomic E-state index is 13.1. The third-order valence-electron chi connectivity index (χ3n) is 4.17. The minimum Gasteiger partial charge on any atom is -0.497 e. The Hall–Kier alpha value is -1.95. The fraction of sp³-hybridized carbons (Fsp3) is 0.353. The number of ether oxygens (including phenoxy) is 1. The van der Waals surface area contributed by atoms with Crippen molar-refractivity contribution in [3.63, 3.8) is 0 Å². The van der Waals surface area contributed by atoms with Gasteiger partial charge < -0.3 is 9.64 Å². The van der Waals surface area contributed by atoms with E-state index in [0.717, 1.165) is 17.8 Å². The van der Waals surface area contributed by atoms with Crippen LogP contribution in [0.4, 0.5) is 13.2 Å². The summed E-state index contributed by atoms with van der Waals surface area (Å²) in [5.41, 5.74) is 0.110. The molecule has 2 atom stereocenters. The summed E-state index contributed by atoms with van der Waals surface area (Å²) >= 11 is 6.07. The van der Waals surface area contributed by atoms with E-state index in [1.807, 2.05) is 19.1 Å². The molecule has 7 heteroatoms. The molecule has 0 fully saturated rings. The summed E-state index contributed by atoms with van der Waals surface area (Å²) in [7, 11) is 1.57. The molecule has 1 aromatic carbocycles. The van der Waals surface area contributed by atoms with Crippen LogP contribution in [0.2, 0.25) is 0 Å². The van der Waals surface area contributed by atoms with Gasteiger partial charge in [-0.1, -0.05) is 30.7 Å². The quantitative estimate of drug-likeness (QED) is 0.769. The number of hydrogen-bond acceptors (Lipinski definition) is 3. The average Bonchev–Trinajstić information content (AvgIpc) is 2.54. The first-order valence-electron chi connectivity index (χ1n) is 7.44. The van der Waals surface area contributed by atoms with Crippen molar-refractivity contribution in [2.24, 2.45) is 10.9 Å². The van der Waals surface area contributed by atoms with Crippen molar-refractivity contribution in [2.45, 2.75) is 19.1 Å². The Balaban J connectivity index is 2.04. The van der Waals surface area contributed by atoms with Crippen LogP contribution in [0.15, 0.2) is 52.1 Å². The van der Waals surface area contributed by atoms with Crippen molar-refractivity contribution in [3.8, 4) is 5.75 Å². The molecule has 2 aliphatic rings. The predicted molar refractivity (Wildman–Crippen MR) is 87.1 cm³/mol. The van der Waals surface area contributed by atoms with Crippen LogP contribution in [0.25, 0.3) is 0 Å². The second-order valence-corrected chi connectivity index (χ2v) is 6.25. The Morgan fingerprint density at radius 2 is 1.92 bits per heavy atom. The standard InChI is InChI=1S/C17H16ClF3N2O/c1-10-8-22-16-14(18)7-12(17(19,20)21)9-23(16)15(10)11-3-5-13(24-2)6-4-11/h3-7,9-10,15H,8H2,1-2H3. The number of allylic oxidation sites excluding steroid dienone is 2. The highest BCUT2D eigenvalue weighted by molar-refractivity contribution is 6.43. The van der Waals surface area contributed by atoms with Crippen molar-refractivity contribution >= 4 is 17.4 Å². The highest BCUT2D eigenvalue weighted by Gasteiger charge is 2.40. The second kappa shape index (κ2) is 6.16. The van der Waals surface area contributed by atoms with E-state index in [4.69, 9.17) is 16.3 Å². The average molecular weight is 357 g/mol. The molecular weight excluding hydrogens is 341 g/mol. The minimum atomic E-state index is -4.46. The first kappa shape index (κ1) is 16.9. The number of nitrogens with zero attached hydrogens (tertiary/aromatic N) is 2. The zero-order valence-corrected chi connectivity index (χ0v) is 13.9. The maximum absolute atomic E-state index is 13.1. The fourth-order valence-corrected chi connectivity index (χ4v) is 3.27. The molecule has 0 aromatic heterocycles. The number of methoxy groups -OCH3 is 1. The van der Waals surface area contributed by atoms with Crippen molar-refractivity contribution < 1.29 is 17.9 Å². The van der Waals surface area contributed by atoms with Crippen LogP contribution in [-0.4, -0.2) is 30.6 Å². The summed E-state index contributed by atoms with van der Waals surface area (Å²) in [4.78, 5) is 5.87. The van der Waals surface area contributed by atoms with Crippen LogP contribution in [-0.2, 0) is 0 Å². The van der Waals surface area contributed by atoms with Crippen molar-refractivity contribution in [2.75, 3.05) is 13.7 Å². The Morgan fingerprint density at radius 3 is 2.50 bits per heavy atom. The Morgan fingerprint density at radius 1 is 1.25 bits per heavy atom. The van der Waals surface area contributed by atoms with E-state index in [0.29, 0.717) is 18.1 Å². The highest BCUT2D eigenvalue weighted by atomic mass is 35.5. The first-order valence-corrected chi connectivity index (χ1v) is 7.82. The van der Waals surface area contributed by atoms with Gasteiger partial charge >= 0.3 is 6.18 Å². The van der Waals surface area contributed by atoms with E-state index in [2.05, 4.69) is 4.99 Å². The van der Waals surface area contributed by atoms with E-state index in [1.165, 1.54) is 4.90 Å². The van der Waals surface area contributed by atoms with Gasteiger partial charge in [-0.05, 0) is 23.8 Å². The molecule has 0 N–H and O–H groups in total. The smallest absolute Gasteiger partial charge is 0.417 e. The van der Waals surface area contributed by atoms with Gasteiger partial charge in [0.05, 0.1) is 23.8 Å². The van der Waals surface area contributed by atoms with E-state index < -0.39 is 11.7 Å². The number of amidine groups is 1. The normalized spacial score (nSPS) is 23.9. The number of halogens is 4. The van der Waals surface area contributed by atoms with Gasteiger partial charge in [0.1, 0.15) is 11.6 Å². The molecule has 3 rings (SSSR count). The maximum Gasteiger partial charge on any atom is 0.417 e. The molecule has 0 amide bonds. The number of fused-ring (bicyclic) bond motifs is 1. The van der Waals surface area contributed by atoms with Crippen molar-refractivity contribution in [1.29, 1.82) is 0 Å². The third-order valence-corrected chi connectivity index (χ3v) is 4.45. The molecule has 2 heterocycles. The molecule has 0 aliphatic carbocycles. The summed E-state index contributed by atoms with van der Waals surface area (Å²) < 4.78 is 44.6. The molecule has 0 saturated carbocycles. The second-order valence-electron chi connectivity index (χ2n) is 5.84. The first-order chi connectivity index (χ1) is 11.3. The van der Waals surface area contributed by atoms with Gasteiger partial charge in [0.25, 0.3) is 0 Å². The van der Waals surface area contributed by atoms with Gasteiger partial charge in [-0.2, -0.15) is 13.2 Å². The summed E-state index contributed by atoms with van der Waals surface area (Å²) in [5, 5.41) is 0.00948. The summed E-state index contributed by atoms with van der Waals surface area (Å²) in [5.74, 6) is 1.11. The zero-order chi connectivity index (χ0) is 17.5. The Kier molecular flexibility index (Phi) is 4.34. The monoisotopic (exact) mass is 356 g/mol. The van der Waals surface area contributed by atoms with Gasteiger partial charge in [-0.3, -0.25) is 4.99 Å². The van der Waals surface area contributed by atoms with Gasteiger partial charge in [0, 0.05) is 18.7 Å². The lowest BCUT2D eigenvalue weighted by Crippen LogP contribution is -2.41. The molecule has 24 heavy (non-hydrogen) atoms. The lowest BCUT2D eigenvalue weighted by atomic mass is 9.90. The van der Waals surface area contributed by atoms with Crippen LogP contribution < -0.4 is 4.74 Å². The molecule has 0 bridgehead atoms. The topological polar surface area (TPSA) is 24.8 Å². The fourth-order valence-electron chi connectivity index (χ4n) is 2.99. The Bertz CT molecular complexity index is 722. The molecule has 0 spiro atoms. The van der Waals surface area contributed by atoms with Crippen LogP contribution in [0, 0.1) is 5.92 Å². The van der Waals surface area contributed by atoms with E-state index >= 15 is 0 Å². The van der Waals surface area contributed by atoms with Gasteiger partial charge in [0.2, 0.25) is 0 Å². The lowest BCUT2D eigenvalue weighted by molar-refractivity contribution is -0.0894. The molecule has 0 saturated heterocycles. The van der Waals surface area contributed by atoms with Gasteiger partial charge in [-0.15, -0.1) is 0 Å². The number of alkyl halides is 3. The third kappa shape index (κ3) is 3.02. The molecule has 3 nitrogen and oxygen atoms in total. The SMILES string of the molecule is COc1ccc(C2C(C)CN=C3C(Cl)=CC(C(F)(F)F)=CN32)cc1. The van der Waals surface area contributed by atoms with Crippen LogP contribution in [0.5, 0.6) is 5.75 Å². The molecule has 2 aliphatic heterocycles. The molecule has 128 valence electrons. The number of aliphatic imine (C=N–C) groups is 1. The van der Waals surface area contributed by atoms with E-state index in [1.54, 1.807) is 19.2 Å². The van der Waals surface area contributed by atoms with Crippen molar-refractivity contribution in [3.05, 3.63) is 52.7 Å².